The van der Waals surface area contributed by atoms with Gasteiger partial charge in [-0.15, -0.1) is 0 Å². The lowest BCUT2D eigenvalue weighted by Crippen LogP contribution is -2.25. The first-order valence-electron chi connectivity index (χ1n) is 5.30. The quantitative estimate of drug-likeness (QED) is 0.754. The summed E-state index contributed by atoms with van der Waals surface area (Å²) in [4.78, 5) is 11.4. The van der Waals surface area contributed by atoms with Crippen LogP contribution in [0.25, 0.3) is 0 Å². The first-order chi connectivity index (χ1) is 7.65. The van der Waals surface area contributed by atoms with Crippen molar-refractivity contribution in [3.8, 4) is 0 Å². The minimum Gasteiger partial charge on any atom is -0.310 e. The molecule has 2 nitrogen and oxygen atoms in total. The van der Waals surface area contributed by atoms with Gasteiger partial charge in [-0.3, -0.25) is 4.79 Å². The van der Waals surface area contributed by atoms with Gasteiger partial charge in [0.1, 0.15) is 0 Å². The first-order valence-corrected chi connectivity index (χ1v) is 5.30. The Morgan fingerprint density at radius 1 is 1.38 bits per heavy atom. The maximum absolute atomic E-state index is 13.2. The van der Waals surface area contributed by atoms with Gasteiger partial charge < -0.3 is 5.32 Å². The highest BCUT2D eigenvalue weighted by Crippen LogP contribution is 2.11. The van der Waals surface area contributed by atoms with Crippen LogP contribution in [0.15, 0.2) is 18.2 Å². The molecule has 0 aliphatic rings. The lowest BCUT2D eigenvalue weighted by molar-refractivity contribution is -0.117. The summed E-state index contributed by atoms with van der Waals surface area (Å²) in [5.74, 6) is -1.98. The molecule has 1 aromatic rings. The third-order valence-corrected chi connectivity index (χ3v) is 2.17. The van der Waals surface area contributed by atoms with Crippen LogP contribution in [0.2, 0.25) is 0 Å². The van der Waals surface area contributed by atoms with E-state index in [0.717, 1.165) is 19.0 Å². The van der Waals surface area contributed by atoms with E-state index in [4.69, 9.17) is 0 Å². The zero-order valence-electron chi connectivity index (χ0n) is 9.22. The molecule has 0 bridgehead atoms. The molecule has 16 heavy (non-hydrogen) atoms. The number of hydrogen-bond acceptors (Lipinski definition) is 2. The molecule has 4 heteroatoms. The number of Topliss-reactive ketones (excluding diaryl/α,β-unsaturated/α-hetero) is 1. The molecule has 0 saturated carbocycles. The zero-order chi connectivity index (χ0) is 12.0. The Bertz CT molecular complexity index is 366. The van der Waals surface area contributed by atoms with Gasteiger partial charge in [-0.1, -0.05) is 19.1 Å². The molecular weight excluding hydrogens is 212 g/mol. The van der Waals surface area contributed by atoms with Gasteiger partial charge in [0.05, 0.1) is 6.54 Å². The van der Waals surface area contributed by atoms with E-state index in [0.29, 0.717) is 0 Å². The summed E-state index contributed by atoms with van der Waals surface area (Å²) in [7, 11) is 0. The summed E-state index contributed by atoms with van der Waals surface area (Å²) in [6.45, 7) is 2.94. The van der Waals surface area contributed by atoms with Crippen LogP contribution in [0.1, 0.15) is 18.9 Å². The van der Waals surface area contributed by atoms with Crippen molar-refractivity contribution >= 4 is 5.78 Å². The largest absolute Gasteiger partial charge is 0.310 e. The normalized spacial score (nSPS) is 10.4. The molecule has 0 aliphatic carbocycles. The lowest BCUT2D eigenvalue weighted by Gasteiger charge is -2.04. The molecule has 0 unspecified atom stereocenters. The van der Waals surface area contributed by atoms with E-state index in [-0.39, 0.29) is 24.3 Å². The fourth-order valence-corrected chi connectivity index (χ4v) is 1.36. The molecule has 88 valence electrons. The van der Waals surface area contributed by atoms with Gasteiger partial charge in [0.15, 0.2) is 17.4 Å². The maximum Gasteiger partial charge on any atom is 0.162 e. The SMILES string of the molecule is CCCNCC(=O)Cc1cccc(F)c1F. The summed E-state index contributed by atoms with van der Waals surface area (Å²) >= 11 is 0. The molecule has 0 saturated heterocycles. The predicted molar refractivity (Wildman–Crippen MR) is 58.2 cm³/mol. The van der Waals surface area contributed by atoms with Crippen LogP contribution in [0.5, 0.6) is 0 Å². The molecule has 1 rings (SSSR count). The van der Waals surface area contributed by atoms with E-state index in [1.54, 1.807) is 0 Å². The third kappa shape index (κ3) is 3.70. The van der Waals surface area contributed by atoms with Gasteiger partial charge in [0, 0.05) is 6.42 Å². The Labute approximate surface area is 93.7 Å². The van der Waals surface area contributed by atoms with Crippen molar-refractivity contribution < 1.29 is 13.6 Å². The average molecular weight is 227 g/mol. The molecule has 0 amide bonds. The summed E-state index contributed by atoms with van der Waals surface area (Å²) in [6, 6.07) is 3.87. The molecule has 0 aliphatic heterocycles. The topological polar surface area (TPSA) is 29.1 Å². The van der Waals surface area contributed by atoms with E-state index in [9.17, 15) is 13.6 Å². The fraction of sp³-hybridized carbons (Fsp3) is 0.417. The van der Waals surface area contributed by atoms with Crippen LogP contribution in [-0.4, -0.2) is 18.9 Å². The summed E-state index contributed by atoms with van der Waals surface area (Å²) in [6.07, 6.45) is 0.863. The Morgan fingerprint density at radius 3 is 2.81 bits per heavy atom. The smallest absolute Gasteiger partial charge is 0.162 e. The lowest BCUT2D eigenvalue weighted by atomic mass is 10.1. The maximum atomic E-state index is 13.2. The predicted octanol–water partition coefficient (Wildman–Crippen LogP) is 2.08. The zero-order valence-corrected chi connectivity index (χ0v) is 9.22. The van der Waals surface area contributed by atoms with Gasteiger partial charge in [0.2, 0.25) is 0 Å². The highest BCUT2D eigenvalue weighted by atomic mass is 19.2. The molecule has 0 heterocycles. The minimum atomic E-state index is -0.925. The highest BCUT2D eigenvalue weighted by molar-refractivity contribution is 5.82. The van der Waals surface area contributed by atoms with E-state index >= 15 is 0 Å². The second kappa shape index (κ2) is 6.33. The van der Waals surface area contributed by atoms with E-state index in [1.807, 2.05) is 6.92 Å². The van der Waals surface area contributed by atoms with Crippen molar-refractivity contribution in [3.05, 3.63) is 35.4 Å². The molecule has 0 atom stereocenters. The number of benzene rings is 1. The van der Waals surface area contributed by atoms with E-state index in [1.165, 1.54) is 12.1 Å². The van der Waals surface area contributed by atoms with Crippen molar-refractivity contribution in [3.63, 3.8) is 0 Å². The van der Waals surface area contributed by atoms with Crippen LogP contribution >= 0.6 is 0 Å². The highest BCUT2D eigenvalue weighted by Gasteiger charge is 2.10. The number of hydrogen-bond donors (Lipinski definition) is 1. The van der Waals surface area contributed by atoms with Crippen LogP contribution in [0.4, 0.5) is 8.78 Å². The van der Waals surface area contributed by atoms with Crippen molar-refractivity contribution in [1.29, 1.82) is 0 Å². The number of carbonyl (C=O) groups is 1. The van der Waals surface area contributed by atoms with Gasteiger partial charge in [-0.25, -0.2) is 8.78 Å². The second-order valence-electron chi connectivity index (χ2n) is 3.61. The van der Waals surface area contributed by atoms with Gasteiger partial charge in [-0.05, 0) is 24.6 Å². The number of halogens is 2. The Morgan fingerprint density at radius 2 is 2.12 bits per heavy atom. The van der Waals surface area contributed by atoms with Crippen LogP contribution in [-0.2, 0) is 11.2 Å². The molecule has 0 aromatic heterocycles. The molecule has 1 aromatic carbocycles. The summed E-state index contributed by atoms with van der Waals surface area (Å²) < 4.78 is 26.0. The minimum absolute atomic E-state index is 0.0691. The average Bonchev–Trinajstić information content (AvgIpc) is 2.25. The monoisotopic (exact) mass is 227 g/mol. The van der Waals surface area contributed by atoms with Gasteiger partial charge >= 0.3 is 0 Å². The summed E-state index contributed by atoms with van der Waals surface area (Å²) in [5.41, 5.74) is 0.114. The number of rotatable bonds is 6. The van der Waals surface area contributed by atoms with E-state index in [2.05, 4.69) is 5.32 Å². The Hall–Kier alpha value is -1.29. The number of carbonyl (C=O) groups excluding carboxylic acids is 1. The van der Waals surface area contributed by atoms with Crippen LogP contribution < -0.4 is 5.32 Å². The van der Waals surface area contributed by atoms with Crippen LogP contribution in [0, 0.1) is 11.6 Å². The third-order valence-electron chi connectivity index (χ3n) is 2.17. The van der Waals surface area contributed by atoms with Crippen molar-refractivity contribution in [2.45, 2.75) is 19.8 Å². The summed E-state index contributed by atoms with van der Waals surface area (Å²) in [5, 5.41) is 2.92. The van der Waals surface area contributed by atoms with Crippen molar-refractivity contribution in [2.24, 2.45) is 0 Å². The molecule has 0 radical (unpaired) electrons. The Balaban J connectivity index is 2.53. The molecule has 1 N–H and O–H groups in total. The molecule has 0 spiro atoms. The first kappa shape index (κ1) is 12.8. The number of nitrogens with one attached hydrogen (secondary N) is 1. The fourth-order valence-electron chi connectivity index (χ4n) is 1.36. The second-order valence-corrected chi connectivity index (χ2v) is 3.61. The standard InChI is InChI=1S/C12H15F2NO/c1-2-6-15-8-10(16)7-9-4-3-5-11(13)12(9)14/h3-5,15H,2,6-8H2,1H3. The number of ketones is 1. The van der Waals surface area contributed by atoms with Crippen molar-refractivity contribution in [1.82, 2.24) is 5.32 Å². The van der Waals surface area contributed by atoms with Gasteiger partial charge in [0.25, 0.3) is 0 Å². The van der Waals surface area contributed by atoms with Gasteiger partial charge in [-0.2, -0.15) is 0 Å². The van der Waals surface area contributed by atoms with E-state index < -0.39 is 11.6 Å². The molecule has 0 fully saturated rings. The van der Waals surface area contributed by atoms with Crippen LogP contribution in [0.3, 0.4) is 0 Å². The van der Waals surface area contributed by atoms with Crippen molar-refractivity contribution in [2.75, 3.05) is 13.1 Å². The Kier molecular flexibility index (Phi) is 5.05. The molecular formula is C12H15F2NO.